The highest BCUT2D eigenvalue weighted by atomic mass is 16.7. The molecule has 39 heavy (non-hydrogen) atoms. The molecule has 6 rings (SSSR count). The van der Waals surface area contributed by atoms with Gasteiger partial charge in [0.15, 0.2) is 22.9 Å². The number of benzene rings is 3. The van der Waals surface area contributed by atoms with E-state index in [1.54, 1.807) is 48.4 Å². The average molecular weight is 530 g/mol. The SMILES string of the molecule is COc1ccc(C(=O)C[C@]2(O)C(=O)N(CN3CCN(Cc4ccc5c(c4)OCO5)CC3)c3ccccc32)cc1. The lowest BCUT2D eigenvalue weighted by atomic mass is 9.88. The molecule has 0 saturated carbocycles. The van der Waals surface area contributed by atoms with E-state index in [1.807, 2.05) is 24.3 Å². The maximum atomic E-state index is 13.7. The van der Waals surface area contributed by atoms with E-state index in [-0.39, 0.29) is 19.0 Å². The summed E-state index contributed by atoms with van der Waals surface area (Å²) in [6.45, 7) is 4.67. The van der Waals surface area contributed by atoms with Crippen LogP contribution in [-0.2, 0) is 16.9 Å². The fourth-order valence-corrected chi connectivity index (χ4v) is 5.52. The summed E-state index contributed by atoms with van der Waals surface area (Å²) in [7, 11) is 1.56. The van der Waals surface area contributed by atoms with Crippen molar-refractivity contribution in [2.24, 2.45) is 0 Å². The van der Waals surface area contributed by atoms with Crippen molar-refractivity contribution in [3.8, 4) is 17.2 Å². The van der Waals surface area contributed by atoms with Gasteiger partial charge < -0.3 is 19.3 Å². The minimum atomic E-state index is -1.91. The molecule has 0 spiro atoms. The molecular weight excluding hydrogens is 498 g/mol. The number of methoxy groups -OCH3 is 1. The molecule has 1 saturated heterocycles. The molecule has 3 aliphatic heterocycles. The highest BCUT2D eigenvalue weighted by molar-refractivity contribution is 6.10. The number of carbonyl (C=O) groups is 2. The first-order valence-electron chi connectivity index (χ1n) is 13.1. The molecule has 1 fully saturated rings. The zero-order valence-corrected chi connectivity index (χ0v) is 21.8. The summed E-state index contributed by atoms with van der Waals surface area (Å²) in [6.07, 6.45) is -0.324. The number of carbonyl (C=O) groups excluding carboxylic acids is 2. The number of ether oxygens (including phenoxy) is 3. The Balaban J connectivity index is 1.11. The summed E-state index contributed by atoms with van der Waals surface area (Å²) in [5.74, 6) is 1.44. The predicted octanol–water partition coefficient (Wildman–Crippen LogP) is 3.01. The number of anilines is 1. The van der Waals surface area contributed by atoms with Gasteiger partial charge in [0, 0.05) is 43.9 Å². The van der Waals surface area contributed by atoms with Gasteiger partial charge in [-0.25, -0.2) is 0 Å². The van der Waals surface area contributed by atoms with Gasteiger partial charge in [-0.15, -0.1) is 0 Å². The van der Waals surface area contributed by atoms with Gasteiger partial charge in [0.2, 0.25) is 6.79 Å². The number of fused-ring (bicyclic) bond motifs is 2. The van der Waals surface area contributed by atoms with Gasteiger partial charge in [0.05, 0.1) is 25.9 Å². The first-order chi connectivity index (χ1) is 18.9. The number of Topliss-reactive ketones (excluding diaryl/α,β-unsaturated/α-hetero) is 1. The van der Waals surface area contributed by atoms with E-state index in [1.165, 1.54) is 5.56 Å². The van der Waals surface area contributed by atoms with Gasteiger partial charge in [-0.1, -0.05) is 24.3 Å². The van der Waals surface area contributed by atoms with Gasteiger partial charge in [-0.05, 0) is 48.0 Å². The molecular formula is C30H31N3O6. The van der Waals surface area contributed by atoms with Crippen LogP contribution < -0.4 is 19.1 Å². The largest absolute Gasteiger partial charge is 0.497 e. The molecule has 1 amide bonds. The van der Waals surface area contributed by atoms with Crippen LogP contribution in [0.1, 0.15) is 27.9 Å². The Morgan fingerprint density at radius 1 is 0.949 bits per heavy atom. The predicted molar refractivity (Wildman–Crippen MR) is 144 cm³/mol. The number of hydrogen-bond donors (Lipinski definition) is 1. The van der Waals surface area contributed by atoms with Crippen molar-refractivity contribution in [3.63, 3.8) is 0 Å². The third-order valence-corrected chi connectivity index (χ3v) is 7.72. The number of hydrogen-bond acceptors (Lipinski definition) is 8. The average Bonchev–Trinajstić information content (AvgIpc) is 3.51. The Hall–Kier alpha value is -3.92. The minimum absolute atomic E-state index is 0.264. The van der Waals surface area contributed by atoms with Crippen molar-refractivity contribution in [3.05, 3.63) is 83.4 Å². The molecule has 0 aliphatic carbocycles. The van der Waals surface area contributed by atoms with E-state index in [4.69, 9.17) is 14.2 Å². The maximum absolute atomic E-state index is 13.7. The smallest absolute Gasteiger partial charge is 0.265 e. The van der Waals surface area contributed by atoms with Crippen LogP contribution in [0.2, 0.25) is 0 Å². The summed E-state index contributed by atoms with van der Waals surface area (Å²) in [6, 6.07) is 19.9. The van der Waals surface area contributed by atoms with Crippen LogP contribution in [0.25, 0.3) is 0 Å². The van der Waals surface area contributed by atoms with E-state index in [0.717, 1.165) is 44.2 Å². The summed E-state index contributed by atoms with van der Waals surface area (Å²) < 4.78 is 16.1. The lowest BCUT2D eigenvalue weighted by molar-refractivity contribution is -0.136. The number of nitrogens with zero attached hydrogens (tertiary/aromatic N) is 3. The van der Waals surface area contributed by atoms with Crippen LogP contribution in [0.4, 0.5) is 5.69 Å². The Labute approximate surface area is 227 Å². The molecule has 0 aromatic heterocycles. The standard InChI is InChI=1S/C30H31N3O6/c1-37-23-9-7-22(8-10-23)26(34)17-30(36)24-4-2-3-5-25(24)33(29(30)35)19-32-14-12-31(13-15-32)18-21-6-11-27-28(16-21)39-20-38-27/h2-11,16,36H,12-15,17-20H2,1H3/t30-/m1/s1. The fourth-order valence-electron chi connectivity index (χ4n) is 5.52. The van der Waals surface area contributed by atoms with Crippen molar-refractivity contribution in [1.29, 1.82) is 0 Å². The molecule has 3 aromatic rings. The topological polar surface area (TPSA) is 91.8 Å². The van der Waals surface area contributed by atoms with Gasteiger partial charge in [0.1, 0.15) is 5.75 Å². The second-order valence-corrected chi connectivity index (χ2v) is 10.2. The number of amides is 1. The lowest BCUT2D eigenvalue weighted by Crippen LogP contribution is -2.52. The van der Waals surface area contributed by atoms with Gasteiger partial charge in [-0.3, -0.25) is 24.3 Å². The number of piperazine rings is 1. The molecule has 202 valence electrons. The van der Waals surface area contributed by atoms with Crippen LogP contribution >= 0.6 is 0 Å². The lowest BCUT2D eigenvalue weighted by Gasteiger charge is -2.37. The number of rotatable bonds is 8. The minimum Gasteiger partial charge on any atom is -0.497 e. The molecule has 3 aliphatic rings. The Bertz CT molecular complexity index is 1390. The monoisotopic (exact) mass is 529 g/mol. The van der Waals surface area contributed by atoms with Crippen LogP contribution in [-0.4, -0.2) is 73.3 Å². The van der Waals surface area contributed by atoms with Crippen molar-refractivity contribution < 1.29 is 28.9 Å². The van der Waals surface area contributed by atoms with Gasteiger partial charge >= 0.3 is 0 Å². The van der Waals surface area contributed by atoms with E-state index >= 15 is 0 Å². The molecule has 1 N–H and O–H groups in total. The molecule has 9 heteroatoms. The van der Waals surface area contributed by atoms with Crippen LogP contribution in [0.3, 0.4) is 0 Å². The van der Waals surface area contributed by atoms with Crippen LogP contribution in [0.15, 0.2) is 66.7 Å². The normalized spacial score (nSPS) is 20.8. The molecule has 3 heterocycles. The fraction of sp³-hybridized carbons (Fsp3) is 0.333. The number of ketones is 1. The molecule has 1 atom stereocenters. The molecule has 0 radical (unpaired) electrons. The van der Waals surface area contributed by atoms with E-state index in [9.17, 15) is 14.7 Å². The highest BCUT2D eigenvalue weighted by Gasteiger charge is 2.51. The number of aliphatic hydroxyl groups is 1. The Morgan fingerprint density at radius 3 is 2.44 bits per heavy atom. The number of para-hydroxylation sites is 1. The van der Waals surface area contributed by atoms with Gasteiger partial charge in [0.25, 0.3) is 5.91 Å². The van der Waals surface area contributed by atoms with E-state index in [0.29, 0.717) is 29.2 Å². The van der Waals surface area contributed by atoms with Crippen molar-refractivity contribution in [2.75, 3.05) is 51.7 Å². The zero-order chi connectivity index (χ0) is 27.0. The summed E-state index contributed by atoms with van der Waals surface area (Å²) in [4.78, 5) is 33.0. The molecule has 0 bridgehead atoms. The van der Waals surface area contributed by atoms with Crippen molar-refractivity contribution in [2.45, 2.75) is 18.6 Å². The molecule has 3 aromatic carbocycles. The van der Waals surface area contributed by atoms with Crippen molar-refractivity contribution >= 4 is 17.4 Å². The first kappa shape index (κ1) is 25.4. The Morgan fingerprint density at radius 2 is 1.67 bits per heavy atom. The summed E-state index contributed by atoms with van der Waals surface area (Å²) in [5.41, 5.74) is 0.803. The zero-order valence-electron chi connectivity index (χ0n) is 21.8. The summed E-state index contributed by atoms with van der Waals surface area (Å²) >= 11 is 0. The van der Waals surface area contributed by atoms with Crippen molar-refractivity contribution in [1.82, 2.24) is 9.80 Å². The van der Waals surface area contributed by atoms with Crippen LogP contribution in [0, 0.1) is 0 Å². The third kappa shape index (κ3) is 4.85. The second kappa shape index (κ2) is 10.3. The van der Waals surface area contributed by atoms with E-state index < -0.39 is 11.5 Å². The Kier molecular flexibility index (Phi) is 6.72. The van der Waals surface area contributed by atoms with Crippen LogP contribution in [0.5, 0.6) is 17.2 Å². The second-order valence-electron chi connectivity index (χ2n) is 10.2. The van der Waals surface area contributed by atoms with E-state index in [2.05, 4.69) is 15.9 Å². The highest BCUT2D eigenvalue weighted by Crippen LogP contribution is 2.43. The third-order valence-electron chi connectivity index (χ3n) is 7.72. The first-order valence-corrected chi connectivity index (χ1v) is 13.1. The van der Waals surface area contributed by atoms with Gasteiger partial charge in [-0.2, -0.15) is 0 Å². The quantitative estimate of drug-likeness (QED) is 0.446. The summed E-state index contributed by atoms with van der Waals surface area (Å²) in [5, 5.41) is 11.6. The molecule has 9 nitrogen and oxygen atoms in total. The maximum Gasteiger partial charge on any atom is 0.265 e. The molecule has 0 unspecified atom stereocenters.